The Morgan fingerprint density at radius 3 is 2.89 bits per heavy atom. The quantitative estimate of drug-likeness (QED) is 0.889. The molecule has 0 amide bonds. The lowest BCUT2D eigenvalue weighted by molar-refractivity contribution is 0.870. The fourth-order valence-corrected chi connectivity index (χ4v) is 1.72. The van der Waals surface area contributed by atoms with E-state index in [4.69, 9.17) is 17.3 Å². The van der Waals surface area contributed by atoms with Crippen molar-refractivity contribution in [3.05, 3.63) is 46.9 Å². The molecule has 1 aromatic heterocycles. The van der Waals surface area contributed by atoms with Gasteiger partial charge in [-0.2, -0.15) is 0 Å². The summed E-state index contributed by atoms with van der Waals surface area (Å²) in [5.74, 6) is 1.48. The highest BCUT2D eigenvalue weighted by Gasteiger charge is 2.01. The second-order valence-electron chi connectivity index (χ2n) is 3.99. The minimum Gasteiger partial charge on any atom is -0.340 e. The Hall–Kier alpha value is -1.65. The van der Waals surface area contributed by atoms with Crippen LogP contribution < -0.4 is 11.1 Å². The molecule has 4 nitrogen and oxygen atoms in total. The number of aromatic nitrogens is 2. The first-order valence-corrected chi connectivity index (χ1v) is 6.12. The van der Waals surface area contributed by atoms with E-state index in [1.165, 1.54) is 0 Å². The van der Waals surface area contributed by atoms with E-state index in [1.54, 1.807) is 6.20 Å². The molecule has 0 aliphatic rings. The summed E-state index contributed by atoms with van der Waals surface area (Å²) >= 11 is 6.07. The summed E-state index contributed by atoms with van der Waals surface area (Å²) in [6.07, 6.45) is 2.39. The number of nitrogens with zero attached hydrogens (tertiary/aromatic N) is 2. The molecule has 3 N–H and O–H groups in total. The second-order valence-corrected chi connectivity index (χ2v) is 4.39. The number of hydrogen-bond acceptors (Lipinski definition) is 4. The van der Waals surface area contributed by atoms with Crippen LogP contribution in [-0.2, 0) is 6.42 Å². The summed E-state index contributed by atoms with van der Waals surface area (Å²) in [6, 6.07) is 7.62. The highest BCUT2D eigenvalue weighted by atomic mass is 35.5. The van der Waals surface area contributed by atoms with Crippen LogP contribution >= 0.6 is 11.6 Å². The van der Waals surface area contributed by atoms with Crippen molar-refractivity contribution in [2.45, 2.75) is 13.3 Å². The van der Waals surface area contributed by atoms with Crippen LogP contribution in [0, 0.1) is 6.92 Å². The molecule has 5 heteroatoms. The van der Waals surface area contributed by atoms with Crippen LogP contribution in [0.15, 0.2) is 30.5 Å². The number of rotatable bonds is 4. The summed E-state index contributed by atoms with van der Waals surface area (Å²) in [4.78, 5) is 8.51. The van der Waals surface area contributed by atoms with Crippen molar-refractivity contribution in [2.24, 2.45) is 5.73 Å². The van der Waals surface area contributed by atoms with Gasteiger partial charge in [-0.15, -0.1) is 0 Å². The topological polar surface area (TPSA) is 63.8 Å². The van der Waals surface area contributed by atoms with Crippen molar-refractivity contribution in [2.75, 3.05) is 11.9 Å². The molecule has 18 heavy (non-hydrogen) atoms. The van der Waals surface area contributed by atoms with Gasteiger partial charge in [-0.1, -0.05) is 17.7 Å². The smallest absolute Gasteiger partial charge is 0.134 e. The molecule has 94 valence electrons. The molecule has 2 aromatic rings. The van der Waals surface area contributed by atoms with Crippen molar-refractivity contribution in [3.8, 4) is 0 Å². The first-order valence-electron chi connectivity index (χ1n) is 5.74. The van der Waals surface area contributed by atoms with Gasteiger partial charge in [0.25, 0.3) is 0 Å². The van der Waals surface area contributed by atoms with E-state index >= 15 is 0 Å². The minimum atomic E-state index is 0.541. The Balaban J connectivity index is 2.17. The zero-order valence-electron chi connectivity index (χ0n) is 10.2. The predicted molar refractivity (Wildman–Crippen MR) is 74.3 cm³/mol. The number of aryl methyl sites for hydroxylation is 1. The third-order valence-corrected chi connectivity index (χ3v) is 2.92. The summed E-state index contributed by atoms with van der Waals surface area (Å²) < 4.78 is 0. The average Bonchev–Trinajstić information content (AvgIpc) is 2.35. The highest BCUT2D eigenvalue weighted by Crippen LogP contribution is 2.22. The molecular weight excluding hydrogens is 248 g/mol. The average molecular weight is 263 g/mol. The van der Waals surface area contributed by atoms with Crippen LogP contribution in [0.3, 0.4) is 0 Å². The molecule has 0 aliphatic carbocycles. The number of halogens is 1. The molecule has 1 heterocycles. The van der Waals surface area contributed by atoms with Crippen molar-refractivity contribution < 1.29 is 0 Å². The molecule has 1 aromatic carbocycles. The van der Waals surface area contributed by atoms with Crippen LogP contribution in [0.1, 0.15) is 11.4 Å². The molecule has 0 atom stereocenters. The third-order valence-electron chi connectivity index (χ3n) is 2.52. The highest BCUT2D eigenvalue weighted by molar-refractivity contribution is 6.31. The summed E-state index contributed by atoms with van der Waals surface area (Å²) in [5, 5.41) is 3.93. The third kappa shape index (κ3) is 3.18. The Morgan fingerprint density at radius 1 is 1.33 bits per heavy atom. The second kappa shape index (κ2) is 5.80. The van der Waals surface area contributed by atoms with E-state index in [1.807, 2.05) is 31.2 Å². The number of hydrogen-bond donors (Lipinski definition) is 2. The van der Waals surface area contributed by atoms with Gasteiger partial charge in [-0.05, 0) is 37.2 Å². The molecular formula is C13H15ClN4. The van der Waals surface area contributed by atoms with Gasteiger partial charge in [0.15, 0.2) is 0 Å². The normalized spacial score (nSPS) is 10.4. The van der Waals surface area contributed by atoms with Crippen LogP contribution in [-0.4, -0.2) is 16.5 Å². The molecule has 0 spiro atoms. The zero-order chi connectivity index (χ0) is 13.0. The van der Waals surface area contributed by atoms with E-state index < -0.39 is 0 Å². The van der Waals surface area contributed by atoms with Crippen LogP contribution in [0.4, 0.5) is 11.5 Å². The van der Waals surface area contributed by atoms with Crippen molar-refractivity contribution in [1.82, 2.24) is 9.97 Å². The van der Waals surface area contributed by atoms with Gasteiger partial charge < -0.3 is 11.1 Å². The molecule has 0 saturated heterocycles. The molecule has 0 fully saturated rings. The Morgan fingerprint density at radius 2 is 2.17 bits per heavy atom. The number of anilines is 2. The largest absolute Gasteiger partial charge is 0.340 e. The van der Waals surface area contributed by atoms with Gasteiger partial charge in [-0.3, -0.25) is 0 Å². The van der Waals surface area contributed by atoms with Gasteiger partial charge in [0.2, 0.25) is 0 Å². The lowest BCUT2D eigenvalue weighted by Gasteiger charge is -2.08. The van der Waals surface area contributed by atoms with Crippen LogP contribution in [0.5, 0.6) is 0 Å². The monoisotopic (exact) mass is 262 g/mol. The minimum absolute atomic E-state index is 0.541. The Kier molecular flexibility index (Phi) is 4.12. The van der Waals surface area contributed by atoms with E-state index in [-0.39, 0.29) is 0 Å². The molecule has 2 rings (SSSR count). The van der Waals surface area contributed by atoms with E-state index in [2.05, 4.69) is 15.3 Å². The summed E-state index contributed by atoms with van der Waals surface area (Å²) in [5.41, 5.74) is 7.44. The van der Waals surface area contributed by atoms with E-state index in [9.17, 15) is 0 Å². The maximum atomic E-state index is 6.07. The molecule has 0 radical (unpaired) electrons. The Bertz CT molecular complexity index is 542. The van der Waals surface area contributed by atoms with Crippen LogP contribution in [0.25, 0.3) is 0 Å². The van der Waals surface area contributed by atoms with Crippen molar-refractivity contribution in [3.63, 3.8) is 0 Å². The SMILES string of the molecule is Cc1ccc(Nc2ccnc(CCN)n2)cc1Cl. The molecule has 0 bridgehead atoms. The standard InChI is InChI=1S/C13H15ClN4/c1-9-2-3-10(8-11(9)14)17-13-5-7-16-12(18-13)4-6-15/h2-3,5,7-8H,4,6,15H2,1H3,(H,16,17,18). The van der Waals surface area contributed by atoms with E-state index in [0.29, 0.717) is 13.0 Å². The van der Waals surface area contributed by atoms with Gasteiger partial charge >= 0.3 is 0 Å². The van der Waals surface area contributed by atoms with Crippen molar-refractivity contribution in [1.29, 1.82) is 0 Å². The number of benzene rings is 1. The Labute approximate surface area is 111 Å². The number of nitrogens with one attached hydrogen (secondary N) is 1. The lowest BCUT2D eigenvalue weighted by atomic mass is 10.2. The van der Waals surface area contributed by atoms with Gasteiger partial charge in [-0.25, -0.2) is 9.97 Å². The molecule has 0 saturated carbocycles. The van der Waals surface area contributed by atoms with Gasteiger partial charge in [0.1, 0.15) is 11.6 Å². The summed E-state index contributed by atoms with van der Waals surface area (Å²) in [7, 11) is 0. The predicted octanol–water partition coefficient (Wildman–Crippen LogP) is 2.68. The summed E-state index contributed by atoms with van der Waals surface area (Å²) in [6.45, 7) is 2.51. The first kappa shape index (κ1) is 12.8. The maximum Gasteiger partial charge on any atom is 0.134 e. The maximum absolute atomic E-state index is 6.07. The number of nitrogens with two attached hydrogens (primary N) is 1. The first-order chi connectivity index (χ1) is 8.69. The van der Waals surface area contributed by atoms with Crippen LogP contribution in [0.2, 0.25) is 5.02 Å². The fourth-order valence-electron chi connectivity index (χ4n) is 1.54. The van der Waals surface area contributed by atoms with Gasteiger partial charge in [0.05, 0.1) is 0 Å². The van der Waals surface area contributed by atoms with E-state index in [0.717, 1.165) is 27.9 Å². The fraction of sp³-hybridized carbons (Fsp3) is 0.231. The molecule has 0 unspecified atom stereocenters. The van der Waals surface area contributed by atoms with Gasteiger partial charge in [0, 0.05) is 23.3 Å². The zero-order valence-corrected chi connectivity index (χ0v) is 10.9. The molecule has 0 aliphatic heterocycles. The van der Waals surface area contributed by atoms with Crippen molar-refractivity contribution >= 4 is 23.1 Å². The lowest BCUT2D eigenvalue weighted by Crippen LogP contribution is -2.07.